The smallest absolute Gasteiger partial charge is 0.347 e. The van der Waals surface area contributed by atoms with Crippen molar-refractivity contribution in [3.05, 3.63) is 191 Å². The SMILES string of the molecule is O=C(CON=C(C(=O)NC1C(=O)N2CC(CCl)(C(=O)O)CS(=O)[C@H]12)c1csc(NC(c2ccccc2)(c2ccccc2)c2ccccc2)n1)OC(c1ccccc1)c1ccccc1. The van der Waals surface area contributed by atoms with E-state index in [2.05, 4.69) is 15.8 Å². The topological polar surface area (TPSA) is 177 Å². The van der Waals surface area contributed by atoms with Gasteiger partial charge in [0, 0.05) is 34.4 Å². The molecule has 8 rings (SSSR count). The average molecular weight is 902 g/mol. The number of thiazole rings is 1. The van der Waals surface area contributed by atoms with Crippen molar-refractivity contribution in [2.75, 3.05) is 30.1 Å². The Bertz CT molecular complexity index is 2510. The summed E-state index contributed by atoms with van der Waals surface area (Å²) in [6, 6.07) is 46.7. The molecule has 3 heterocycles. The molecule has 63 heavy (non-hydrogen) atoms. The zero-order chi connectivity index (χ0) is 44.0. The van der Waals surface area contributed by atoms with E-state index in [1.165, 1.54) is 16.2 Å². The number of carboxylic acids is 1. The van der Waals surface area contributed by atoms with Crippen molar-refractivity contribution in [3.8, 4) is 0 Å². The number of oxime groups is 1. The lowest BCUT2D eigenvalue weighted by atomic mass is 9.77. The summed E-state index contributed by atoms with van der Waals surface area (Å²) in [6.45, 7) is -0.959. The van der Waals surface area contributed by atoms with Gasteiger partial charge in [-0.2, -0.15) is 0 Å². The molecular formula is C47H40ClN5O8S2. The maximum Gasteiger partial charge on any atom is 0.347 e. The number of aliphatic carboxylic acids is 1. The van der Waals surface area contributed by atoms with Crippen molar-refractivity contribution in [2.45, 2.75) is 23.1 Å². The number of rotatable bonds is 16. The first-order valence-corrected chi connectivity index (χ1v) is 22.6. The molecule has 5 aromatic carbocycles. The van der Waals surface area contributed by atoms with Gasteiger partial charge in [-0.1, -0.05) is 157 Å². The summed E-state index contributed by atoms with van der Waals surface area (Å²) in [5.41, 5.74) is 1.29. The monoisotopic (exact) mass is 901 g/mol. The Kier molecular flexibility index (Phi) is 12.8. The Morgan fingerprint density at radius 1 is 0.857 bits per heavy atom. The van der Waals surface area contributed by atoms with Crippen molar-refractivity contribution in [2.24, 2.45) is 10.6 Å². The molecule has 13 nitrogen and oxygen atoms in total. The van der Waals surface area contributed by atoms with Gasteiger partial charge < -0.3 is 30.2 Å². The van der Waals surface area contributed by atoms with Gasteiger partial charge in [0.05, 0.1) is 0 Å². The summed E-state index contributed by atoms with van der Waals surface area (Å²) in [6.07, 6.45) is -0.760. The molecule has 2 amide bonds. The number of esters is 1. The fraction of sp³-hybridized carbons (Fsp3) is 0.191. The van der Waals surface area contributed by atoms with Crippen LogP contribution in [0.15, 0.2) is 162 Å². The third-order valence-electron chi connectivity index (χ3n) is 11.0. The predicted octanol–water partition coefficient (Wildman–Crippen LogP) is 6.33. The van der Waals surface area contributed by atoms with Gasteiger partial charge in [-0.05, 0) is 27.8 Å². The molecule has 0 spiro atoms. The van der Waals surface area contributed by atoms with Crippen molar-refractivity contribution in [1.29, 1.82) is 0 Å². The molecule has 16 heteroatoms. The zero-order valence-corrected chi connectivity index (χ0v) is 35.8. The van der Waals surface area contributed by atoms with Crippen LogP contribution in [0.25, 0.3) is 0 Å². The van der Waals surface area contributed by atoms with E-state index in [-0.39, 0.29) is 29.6 Å². The van der Waals surface area contributed by atoms with Crippen LogP contribution < -0.4 is 10.6 Å². The average Bonchev–Trinajstić information content (AvgIpc) is 3.79. The quantitative estimate of drug-likeness (QED) is 0.0249. The van der Waals surface area contributed by atoms with Crippen LogP contribution in [-0.2, 0) is 45.1 Å². The lowest BCUT2D eigenvalue weighted by molar-refractivity contribution is -0.157. The lowest BCUT2D eigenvalue weighted by Gasteiger charge is -2.53. The Morgan fingerprint density at radius 2 is 1.37 bits per heavy atom. The fourth-order valence-electron chi connectivity index (χ4n) is 7.81. The second-order valence-electron chi connectivity index (χ2n) is 15.0. The highest BCUT2D eigenvalue weighted by Crippen LogP contribution is 2.41. The second kappa shape index (κ2) is 18.7. The number of β-lactam (4-membered cyclic amide) rings is 1. The molecule has 6 aromatic rings. The molecule has 4 atom stereocenters. The largest absolute Gasteiger partial charge is 0.481 e. The molecule has 2 aliphatic heterocycles. The van der Waals surface area contributed by atoms with Crippen molar-refractivity contribution >= 4 is 68.3 Å². The number of carboxylic acid groups (broad SMARTS) is 1. The number of nitrogens with zero attached hydrogens (tertiary/aromatic N) is 3. The number of carbonyl (C=O) groups is 4. The van der Waals surface area contributed by atoms with Crippen LogP contribution in [0.3, 0.4) is 0 Å². The lowest BCUT2D eigenvalue weighted by Crippen LogP contribution is -2.77. The predicted molar refractivity (Wildman–Crippen MR) is 239 cm³/mol. The minimum absolute atomic E-state index is 0.0447. The standard InChI is InChI=1S/C47H40ClN5O8S2/c48-28-46(44(57)58)29-53-42(56)39(43(53)63(59)30-46)50-41(55)38(52-60-26-37(54)61-40(31-16-6-1-7-17-31)32-18-8-2-9-19-32)36-27-62-45(49-36)51-47(33-20-10-3-11-21-33,34-22-12-4-13-23-34)35-24-14-5-15-25-35/h1-25,27,39-40,43H,26,28-30H2,(H,49,51)(H,50,55)(H,57,58)/t39?,43-,46?,63?/m1/s1. The number of carbonyl (C=O) groups excluding carboxylic acids is 3. The van der Waals surface area contributed by atoms with Crippen LogP contribution in [0.5, 0.6) is 0 Å². The van der Waals surface area contributed by atoms with E-state index in [9.17, 15) is 28.5 Å². The van der Waals surface area contributed by atoms with Gasteiger partial charge in [0.25, 0.3) is 5.91 Å². The maximum atomic E-state index is 14.3. The van der Waals surface area contributed by atoms with Crippen LogP contribution in [0, 0.1) is 5.41 Å². The summed E-state index contributed by atoms with van der Waals surface area (Å²) in [5, 5.41) is 21.3. The third-order valence-corrected chi connectivity index (χ3v) is 14.1. The van der Waals surface area contributed by atoms with E-state index in [4.69, 9.17) is 26.2 Å². The number of hydrogen-bond donors (Lipinski definition) is 3. The van der Waals surface area contributed by atoms with Crippen molar-refractivity contribution < 1.29 is 38.1 Å². The van der Waals surface area contributed by atoms with Gasteiger partial charge in [-0.3, -0.25) is 18.6 Å². The maximum absolute atomic E-state index is 14.3. The molecule has 2 aliphatic rings. The number of nitrogens with one attached hydrogen (secondary N) is 2. The normalized spacial score (nSPS) is 19.7. The molecule has 3 N–H and O–H groups in total. The minimum Gasteiger partial charge on any atom is -0.481 e. The van der Waals surface area contributed by atoms with Crippen LogP contribution >= 0.6 is 22.9 Å². The molecule has 0 bridgehead atoms. The molecule has 2 fully saturated rings. The number of amides is 2. The summed E-state index contributed by atoms with van der Waals surface area (Å²) < 4.78 is 19.3. The highest BCUT2D eigenvalue weighted by atomic mass is 35.5. The Balaban J connectivity index is 1.10. The van der Waals surface area contributed by atoms with Gasteiger partial charge in [-0.15, -0.1) is 22.9 Å². The van der Waals surface area contributed by atoms with Crippen molar-refractivity contribution in [3.63, 3.8) is 0 Å². The van der Waals surface area contributed by atoms with Crippen LogP contribution in [0.1, 0.15) is 39.6 Å². The summed E-state index contributed by atoms with van der Waals surface area (Å²) in [5.74, 6) is -4.24. The van der Waals surface area contributed by atoms with E-state index < -0.39 is 69.6 Å². The van der Waals surface area contributed by atoms with E-state index in [1.54, 1.807) is 5.38 Å². The second-order valence-corrected chi connectivity index (χ2v) is 17.6. The molecule has 0 radical (unpaired) electrons. The summed E-state index contributed by atoms with van der Waals surface area (Å²) in [4.78, 5) is 64.7. The molecule has 0 saturated carbocycles. The summed E-state index contributed by atoms with van der Waals surface area (Å²) >= 11 is 7.21. The number of benzene rings is 5. The molecule has 2 saturated heterocycles. The van der Waals surface area contributed by atoms with Gasteiger partial charge in [-0.25, -0.2) is 9.78 Å². The van der Waals surface area contributed by atoms with E-state index >= 15 is 0 Å². The molecule has 320 valence electrons. The first-order chi connectivity index (χ1) is 30.6. The number of halogens is 1. The Hall–Kier alpha value is -6.68. The number of fused-ring (bicyclic) bond motifs is 1. The van der Waals surface area contributed by atoms with Gasteiger partial charge in [0.2, 0.25) is 12.5 Å². The number of anilines is 1. The summed E-state index contributed by atoms with van der Waals surface area (Å²) in [7, 11) is -1.89. The first kappa shape index (κ1) is 43.0. The third kappa shape index (κ3) is 8.72. The highest BCUT2D eigenvalue weighted by Gasteiger charge is 2.60. The molecular weight excluding hydrogens is 862 g/mol. The number of alkyl halides is 1. The number of aromatic nitrogens is 1. The Morgan fingerprint density at radius 3 is 1.86 bits per heavy atom. The van der Waals surface area contributed by atoms with Gasteiger partial charge in [0.1, 0.15) is 28.1 Å². The molecule has 0 aliphatic carbocycles. The van der Waals surface area contributed by atoms with Crippen LogP contribution in [0.2, 0.25) is 0 Å². The van der Waals surface area contributed by atoms with Gasteiger partial charge >= 0.3 is 11.9 Å². The fourth-order valence-corrected chi connectivity index (χ4v) is 10.9. The number of ether oxygens (including phenoxy) is 1. The Labute approximate surface area is 374 Å². The highest BCUT2D eigenvalue weighted by molar-refractivity contribution is 7.86. The molecule has 3 unspecified atom stereocenters. The van der Waals surface area contributed by atoms with E-state index in [1.807, 2.05) is 152 Å². The van der Waals surface area contributed by atoms with Crippen LogP contribution in [-0.4, -0.2) is 84.9 Å². The molecule has 1 aromatic heterocycles. The number of hydrogen-bond acceptors (Lipinski definition) is 11. The van der Waals surface area contributed by atoms with E-state index in [0.717, 1.165) is 27.8 Å². The zero-order valence-electron chi connectivity index (χ0n) is 33.4. The van der Waals surface area contributed by atoms with Crippen molar-refractivity contribution in [1.82, 2.24) is 15.2 Å². The first-order valence-electron chi connectivity index (χ1n) is 19.8. The van der Waals surface area contributed by atoms with Crippen LogP contribution in [0.4, 0.5) is 5.13 Å². The van der Waals surface area contributed by atoms with Gasteiger partial charge in [0.15, 0.2) is 16.9 Å². The van der Waals surface area contributed by atoms with E-state index in [0.29, 0.717) is 5.13 Å². The minimum atomic E-state index is -1.89.